The molecule has 5 nitrogen and oxygen atoms in total. The van der Waals surface area contributed by atoms with Gasteiger partial charge in [-0.2, -0.15) is 0 Å². The second kappa shape index (κ2) is 9.90. The van der Waals surface area contributed by atoms with Gasteiger partial charge in [-0.25, -0.2) is 4.39 Å². The molecule has 1 heterocycles. The molecule has 0 bridgehead atoms. The first-order chi connectivity index (χ1) is 15.1. The van der Waals surface area contributed by atoms with Gasteiger partial charge < -0.3 is 24.3 Å². The molecule has 0 aliphatic carbocycles. The zero-order valence-electron chi connectivity index (χ0n) is 17.1. The van der Waals surface area contributed by atoms with Crippen LogP contribution in [0.25, 0.3) is 0 Å². The summed E-state index contributed by atoms with van der Waals surface area (Å²) in [7, 11) is 0. The minimum Gasteiger partial charge on any atom is -0.490 e. The molecule has 1 aliphatic rings. The predicted octanol–water partition coefficient (Wildman–Crippen LogP) is 5.48. The molecule has 3 aromatic rings. The van der Waals surface area contributed by atoms with Gasteiger partial charge in [0, 0.05) is 29.7 Å². The van der Waals surface area contributed by atoms with E-state index in [1.54, 1.807) is 24.3 Å². The van der Waals surface area contributed by atoms with Crippen molar-refractivity contribution in [3.8, 4) is 23.0 Å². The third-order valence-corrected chi connectivity index (χ3v) is 5.19. The maximum Gasteiger partial charge on any atom is 0.231 e. The highest BCUT2D eigenvalue weighted by Gasteiger charge is 2.14. The van der Waals surface area contributed by atoms with E-state index in [2.05, 4.69) is 5.32 Å². The number of nitrogens with one attached hydrogen (secondary N) is 1. The molecule has 162 valence electrons. The minimum atomic E-state index is -0.309. The molecule has 7 heteroatoms. The van der Waals surface area contributed by atoms with Gasteiger partial charge in [0.15, 0.2) is 23.0 Å². The van der Waals surface area contributed by atoms with Gasteiger partial charge in [-0.05, 0) is 42.3 Å². The van der Waals surface area contributed by atoms with Crippen molar-refractivity contribution in [3.05, 3.63) is 82.1 Å². The third kappa shape index (κ3) is 5.21. The van der Waals surface area contributed by atoms with Crippen molar-refractivity contribution in [2.24, 2.45) is 0 Å². The van der Waals surface area contributed by atoms with E-state index in [0.29, 0.717) is 41.8 Å². The van der Waals surface area contributed by atoms with Gasteiger partial charge in [0.2, 0.25) is 6.79 Å². The third-order valence-electron chi connectivity index (χ3n) is 4.84. The average Bonchev–Trinajstić information content (AvgIpc) is 3.24. The highest BCUT2D eigenvalue weighted by atomic mass is 35.5. The van der Waals surface area contributed by atoms with E-state index in [1.165, 1.54) is 6.07 Å². The summed E-state index contributed by atoms with van der Waals surface area (Å²) in [6, 6.07) is 15.9. The maximum atomic E-state index is 13.9. The molecule has 4 rings (SSSR count). The quantitative estimate of drug-likeness (QED) is 0.475. The topological polar surface area (TPSA) is 49.0 Å². The van der Waals surface area contributed by atoms with Crippen LogP contribution in [0.3, 0.4) is 0 Å². The summed E-state index contributed by atoms with van der Waals surface area (Å²) in [5.41, 5.74) is 2.43. The summed E-state index contributed by atoms with van der Waals surface area (Å²) in [5.74, 6) is 2.26. The Hall–Kier alpha value is -2.96. The van der Waals surface area contributed by atoms with E-state index in [1.807, 2.05) is 31.2 Å². The summed E-state index contributed by atoms with van der Waals surface area (Å²) in [5, 5.41) is 3.92. The Morgan fingerprint density at radius 1 is 0.935 bits per heavy atom. The summed E-state index contributed by atoms with van der Waals surface area (Å²) >= 11 is 6.49. The van der Waals surface area contributed by atoms with Crippen molar-refractivity contribution < 1.29 is 23.3 Å². The zero-order valence-corrected chi connectivity index (χ0v) is 17.9. The Labute approximate surface area is 185 Å². The summed E-state index contributed by atoms with van der Waals surface area (Å²) < 4.78 is 36.2. The van der Waals surface area contributed by atoms with Gasteiger partial charge in [0.25, 0.3) is 0 Å². The summed E-state index contributed by atoms with van der Waals surface area (Å²) in [6.45, 7) is 3.90. The van der Waals surface area contributed by atoms with Crippen LogP contribution < -0.4 is 24.3 Å². The fraction of sp³-hybridized carbons (Fsp3) is 0.250. The van der Waals surface area contributed by atoms with Gasteiger partial charge in [-0.15, -0.1) is 0 Å². The molecule has 0 unspecified atom stereocenters. The SMILES string of the molecule is CCOc1cc(CNCc2ccc3c(c2)OCO3)c(Cl)cc1OCc1ccccc1F. The first-order valence-corrected chi connectivity index (χ1v) is 10.4. The lowest BCUT2D eigenvalue weighted by molar-refractivity contribution is 0.174. The zero-order chi connectivity index (χ0) is 21.6. The van der Waals surface area contributed by atoms with Crippen LogP contribution in [-0.4, -0.2) is 13.4 Å². The van der Waals surface area contributed by atoms with Crippen LogP contribution in [0.5, 0.6) is 23.0 Å². The molecule has 0 radical (unpaired) electrons. The molecular formula is C24H23ClFNO4. The lowest BCUT2D eigenvalue weighted by Gasteiger charge is -2.15. The van der Waals surface area contributed by atoms with Crippen molar-refractivity contribution in [2.45, 2.75) is 26.6 Å². The number of fused-ring (bicyclic) bond motifs is 1. The van der Waals surface area contributed by atoms with Gasteiger partial charge in [0.1, 0.15) is 12.4 Å². The number of hydrogen-bond donors (Lipinski definition) is 1. The van der Waals surface area contributed by atoms with Crippen molar-refractivity contribution in [2.75, 3.05) is 13.4 Å². The van der Waals surface area contributed by atoms with E-state index in [4.69, 9.17) is 30.5 Å². The predicted molar refractivity (Wildman–Crippen MR) is 116 cm³/mol. The van der Waals surface area contributed by atoms with E-state index in [-0.39, 0.29) is 19.2 Å². The Morgan fingerprint density at radius 2 is 1.74 bits per heavy atom. The molecule has 0 saturated heterocycles. The molecule has 0 aromatic heterocycles. The molecule has 0 atom stereocenters. The molecule has 0 saturated carbocycles. The van der Waals surface area contributed by atoms with Gasteiger partial charge in [-0.3, -0.25) is 0 Å². The first kappa shape index (κ1) is 21.3. The molecule has 3 aromatic carbocycles. The van der Waals surface area contributed by atoms with Gasteiger partial charge in [-0.1, -0.05) is 35.9 Å². The average molecular weight is 444 g/mol. The van der Waals surface area contributed by atoms with Crippen molar-refractivity contribution in [3.63, 3.8) is 0 Å². The smallest absolute Gasteiger partial charge is 0.231 e. The molecule has 1 N–H and O–H groups in total. The van der Waals surface area contributed by atoms with E-state index in [9.17, 15) is 4.39 Å². The fourth-order valence-corrected chi connectivity index (χ4v) is 3.48. The molecule has 1 aliphatic heterocycles. The number of halogens is 2. The highest BCUT2D eigenvalue weighted by Crippen LogP contribution is 2.35. The number of benzene rings is 3. The number of ether oxygens (including phenoxy) is 4. The Balaban J connectivity index is 1.42. The van der Waals surface area contributed by atoms with Crippen LogP contribution in [0.2, 0.25) is 5.02 Å². The van der Waals surface area contributed by atoms with Crippen molar-refractivity contribution in [1.82, 2.24) is 5.32 Å². The largest absolute Gasteiger partial charge is 0.490 e. The van der Waals surface area contributed by atoms with Crippen LogP contribution in [0.15, 0.2) is 54.6 Å². The number of rotatable bonds is 9. The first-order valence-electron chi connectivity index (χ1n) is 10.0. The van der Waals surface area contributed by atoms with Crippen LogP contribution in [-0.2, 0) is 19.7 Å². The Kier molecular flexibility index (Phi) is 6.79. The fourth-order valence-electron chi connectivity index (χ4n) is 3.26. The van der Waals surface area contributed by atoms with Crippen LogP contribution in [0, 0.1) is 5.82 Å². The van der Waals surface area contributed by atoms with E-state index in [0.717, 1.165) is 22.6 Å². The molecule has 0 fully saturated rings. The highest BCUT2D eigenvalue weighted by molar-refractivity contribution is 6.31. The van der Waals surface area contributed by atoms with Crippen LogP contribution >= 0.6 is 11.6 Å². The molecule has 31 heavy (non-hydrogen) atoms. The standard InChI is InChI=1S/C24H23ClFNO4/c1-2-28-23-10-18(13-27-12-16-7-8-21-22(9-16)31-15-30-21)19(25)11-24(23)29-14-17-5-3-4-6-20(17)26/h3-11,27H,2,12-15H2,1H3. The second-order valence-corrected chi connectivity index (χ2v) is 7.40. The Bertz CT molecular complexity index is 1060. The lowest BCUT2D eigenvalue weighted by Crippen LogP contribution is -2.13. The van der Waals surface area contributed by atoms with E-state index < -0.39 is 0 Å². The van der Waals surface area contributed by atoms with Crippen LogP contribution in [0.1, 0.15) is 23.6 Å². The molecular weight excluding hydrogens is 421 g/mol. The summed E-state index contributed by atoms with van der Waals surface area (Å²) in [4.78, 5) is 0. The van der Waals surface area contributed by atoms with Crippen LogP contribution in [0.4, 0.5) is 4.39 Å². The van der Waals surface area contributed by atoms with Gasteiger partial charge >= 0.3 is 0 Å². The van der Waals surface area contributed by atoms with Crippen molar-refractivity contribution >= 4 is 11.6 Å². The number of hydrogen-bond acceptors (Lipinski definition) is 5. The summed E-state index contributed by atoms with van der Waals surface area (Å²) in [6.07, 6.45) is 0. The van der Waals surface area contributed by atoms with Crippen molar-refractivity contribution in [1.29, 1.82) is 0 Å². The minimum absolute atomic E-state index is 0.0881. The normalized spacial score (nSPS) is 12.1. The maximum absolute atomic E-state index is 13.9. The monoisotopic (exact) mass is 443 g/mol. The van der Waals surface area contributed by atoms with E-state index >= 15 is 0 Å². The Morgan fingerprint density at radius 3 is 2.58 bits per heavy atom. The lowest BCUT2D eigenvalue weighted by atomic mass is 10.1. The second-order valence-electron chi connectivity index (χ2n) is 6.99. The molecule has 0 amide bonds. The van der Waals surface area contributed by atoms with Gasteiger partial charge in [0.05, 0.1) is 6.61 Å². The molecule has 0 spiro atoms.